The number of hydrogen-bond donors (Lipinski definition) is 2. The van der Waals surface area contributed by atoms with Crippen molar-refractivity contribution in [3.05, 3.63) is 33.4 Å². The molecule has 0 aliphatic carbocycles. The standard InChI is InChI=1S/C7H6BIO4/c9-6-4-2-1-3-5(6)7(10)13-8(11)12/h1-4,11-12H. The topological polar surface area (TPSA) is 66.8 Å². The van der Waals surface area contributed by atoms with Crippen LogP contribution in [0.2, 0.25) is 0 Å². The van der Waals surface area contributed by atoms with Crippen LogP contribution >= 0.6 is 22.6 Å². The lowest BCUT2D eigenvalue weighted by atomic mass is 10.2. The molecule has 0 aromatic heterocycles. The van der Waals surface area contributed by atoms with Crippen molar-refractivity contribution in [3.63, 3.8) is 0 Å². The van der Waals surface area contributed by atoms with Crippen molar-refractivity contribution in [1.29, 1.82) is 0 Å². The van der Waals surface area contributed by atoms with Crippen molar-refractivity contribution in [1.82, 2.24) is 0 Å². The third kappa shape index (κ3) is 2.98. The van der Waals surface area contributed by atoms with Crippen molar-refractivity contribution >= 4 is 35.9 Å². The van der Waals surface area contributed by atoms with Crippen LogP contribution in [0.1, 0.15) is 10.4 Å². The molecular weight excluding hydrogens is 286 g/mol. The van der Waals surface area contributed by atoms with Crippen LogP contribution in [-0.2, 0) is 4.65 Å². The fourth-order valence-corrected chi connectivity index (χ4v) is 1.39. The predicted molar refractivity (Wildman–Crippen MR) is 54.8 cm³/mol. The molecule has 13 heavy (non-hydrogen) atoms. The highest BCUT2D eigenvalue weighted by Gasteiger charge is 2.18. The highest BCUT2D eigenvalue weighted by Crippen LogP contribution is 2.12. The Morgan fingerprint density at radius 1 is 1.38 bits per heavy atom. The van der Waals surface area contributed by atoms with Crippen LogP contribution in [-0.4, -0.2) is 23.3 Å². The maximum atomic E-state index is 11.1. The molecule has 0 bridgehead atoms. The molecule has 0 atom stereocenters. The number of benzene rings is 1. The van der Waals surface area contributed by atoms with Gasteiger partial charge in [-0.15, -0.1) is 0 Å². The summed E-state index contributed by atoms with van der Waals surface area (Å²) in [5.74, 6) is -0.750. The molecule has 0 saturated heterocycles. The van der Waals surface area contributed by atoms with E-state index in [9.17, 15) is 4.79 Å². The van der Waals surface area contributed by atoms with Crippen LogP contribution < -0.4 is 0 Å². The second-order valence-corrected chi connectivity index (χ2v) is 3.37. The van der Waals surface area contributed by atoms with Gasteiger partial charge in [0.05, 0.1) is 5.56 Å². The van der Waals surface area contributed by atoms with E-state index in [1.165, 1.54) is 0 Å². The van der Waals surface area contributed by atoms with Gasteiger partial charge < -0.3 is 14.7 Å². The Hall–Kier alpha value is -0.595. The number of halogens is 1. The molecule has 0 amide bonds. The summed E-state index contributed by atoms with van der Waals surface area (Å²) in [5.41, 5.74) is 0.316. The fourth-order valence-electron chi connectivity index (χ4n) is 0.786. The first-order valence-electron chi connectivity index (χ1n) is 3.43. The van der Waals surface area contributed by atoms with Crippen molar-refractivity contribution in [3.8, 4) is 0 Å². The third-order valence-electron chi connectivity index (χ3n) is 1.31. The molecule has 4 nitrogen and oxygen atoms in total. The number of carbonyl (C=O) groups excluding carboxylic acids is 1. The first-order chi connectivity index (χ1) is 6.11. The van der Waals surface area contributed by atoms with E-state index in [0.29, 0.717) is 9.13 Å². The summed E-state index contributed by atoms with van der Waals surface area (Å²) < 4.78 is 4.88. The summed E-state index contributed by atoms with van der Waals surface area (Å²) in [6.07, 6.45) is 0. The molecule has 0 spiro atoms. The van der Waals surface area contributed by atoms with Crippen molar-refractivity contribution < 1.29 is 19.5 Å². The van der Waals surface area contributed by atoms with Crippen molar-refractivity contribution in [2.45, 2.75) is 0 Å². The molecule has 6 heteroatoms. The predicted octanol–water partition coefficient (Wildman–Crippen LogP) is 0.418. The Morgan fingerprint density at radius 3 is 2.54 bits per heavy atom. The third-order valence-corrected chi connectivity index (χ3v) is 2.25. The summed E-state index contributed by atoms with van der Waals surface area (Å²) in [6, 6.07) is 6.71. The van der Waals surface area contributed by atoms with Gasteiger partial charge in [0.15, 0.2) is 0 Å². The van der Waals surface area contributed by atoms with Crippen LogP contribution in [0, 0.1) is 3.57 Å². The zero-order valence-corrected chi connectivity index (χ0v) is 8.63. The molecule has 1 aromatic rings. The van der Waals surface area contributed by atoms with Gasteiger partial charge in [-0.1, -0.05) is 12.1 Å². The van der Waals surface area contributed by atoms with Gasteiger partial charge >= 0.3 is 13.3 Å². The first-order valence-corrected chi connectivity index (χ1v) is 4.51. The maximum Gasteiger partial charge on any atom is 0.709 e. The molecule has 0 fully saturated rings. The molecule has 0 heterocycles. The van der Waals surface area contributed by atoms with Gasteiger partial charge in [-0.05, 0) is 34.7 Å². The van der Waals surface area contributed by atoms with Crippen LogP contribution in [0.4, 0.5) is 0 Å². The minimum Gasteiger partial charge on any atom is -0.481 e. The van der Waals surface area contributed by atoms with Gasteiger partial charge in [0.2, 0.25) is 0 Å². The maximum absolute atomic E-state index is 11.1. The number of rotatable bonds is 2. The lowest BCUT2D eigenvalue weighted by Gasteiger charge is -2.04. The smallest absolute Gasteiger partial charge is 0.481 e. The average Bonchev–Trinajstić information content (AvgIpc) is 2.03. The highest BCUT2D eigenvalue weighted by molar-refractivity contribution is 14.1. The zero-order valence-electron chi connectivity index (χ0n) is 6.48. The summed E-state index contributed by atoms with van der Waals surface area (Å²) in [5, 5.41) is 16.8. The summed E-state index contributed by atoms with van der Waals surface area (Å²) in [7, 11) is -2.07. The van der Waals surface area contributed by atoms with Gasteiger partial charge in [-0.3, -0.25) is 0 Å². The minimum atomic E-state index is -2.07. The Labute approximate surface area is 88.8 Å². The first kappa shape index (κ1) is 10.5. The molecule has 2 N–H and O–H groups in total. The Balaban J connectivity index is 2.83. The fraction of sp³-hybridized carbons (Fsp3) is 0. The molecule has 0 saturated carbocycles. The van der Waals surface area contributed by atoms with E-state index in [1.807, 2.05) is 22.6 Å². The largest absolute Gasteiger partial charge is 0.709 e. The van der Waals surface area contributed by atoms with E-state index in [4.69, 9.17) is 10.0 Å². The second-order valence-electron chi connectivity index (χ2n) is 2.21. The summed E-state index contributed by atoms with van der Waals surface area (Å²) in [6.45, 7) is 0. The second kappa shape index (κ2) is 4.59. The minimum absolute atomic E-state index is 0.316. The van der Waals surface area contributed by atoms with E-state index in [1.54, 1.807) is 24.3 Å². The van der Waals surface area contributed by atoms with E-state index in [-0.39, 0.29) is 0 Å². The van der Waals surface area contributed by atoms with Crippen molar-refractivity contribution in [2.75, 3.05) is 0 Å². The van der Waals surface area contributed by atoms with Gasteiger partial charge in [0, 0.05) is 3.57 Å². The number of hydrogen-bond acceptors (Lipinski definition) is 4. The van der Waals surface area contributed by atoms with Crippen LogP contribution in [0.25, 0.3) is 0 Å². The quantitative estimate of drug-likeness (QED) is 0.612. The highest BCUT2D eigenvalue weighted by atomic mass is 127. The van der Waals surface area contributed by atoms with Gasteiger partial charge in [-0.25, -0.2) is 4.79 Å². The van der Waals surface area contributed by atoms with E-state index in [0.717, 1.165) is 0 Å². The van der Waals surface area contributed by atoms with Gasteiger partial charge in [-0.2, -0.15) is 0 Å². The molecule has 0 unspecified atom stereocenters. The molecule has 0 radical (unpaired) electrons. The summed E-state index contributed by atoms with van der Waals surface area (Å²) >= 11 is 1.96. The molecule has 0 aliphatic rings. The van der Waals surface area contributed by atoms with E-state index < -0.39 is 13.3 Å². The van der Waals surface area contributed by atoms with Crippen LogP contribution in [0.15, 0.2) is 24.3 Å². The van der Waals surface area contributed by atoms with Gasteiger partial charge in [0.25, 0.3) is 0 Å². The molecular formula is C7H6BIO4. The van der Waals surface area contributed by atoms with E-state index >= 15 is 0 Å². The van der Waals surface area contributed by atoms with Crippen molar-refractivity contribution in [2.24, 2.45) is 0 Å². The zero-order chi connectivity index (χ0) is 9.84. The monoisotopic (exact) mass is 292 g/mol. The Kier molecular flexibility index (Phi) is 3.70. The SMILES string of the molecule is O=C(OB(O)O)c1ccccc1I. The molecule has 1 aromatic carbocycles. The average molecular weight is 292 g/mol. The Morgan fingerprint density at radius 2 is 2.00 bits per heavy atom. The normalized spacial score (nSPS) is 9.46. The molecule has 0 aliphatic heterocycles. The Bertz CT molecular complexity index is 315. The van der Waals surface area contributed by atoms with Gasteiger partial charge in [0.1, 0.15) is 0 Å². The summed E-state index contributed by atoms with van der Waals surface area (Å²) in [4.78, 5) is 11.1. The van der Waals surface area contributed by atoms with E-state index in [2.05, 4.69) is 4.65 Å². The lowest BCUT2D eigenvalue weighted by molar-refractivity contribution is 0.0647. The number of carbonyl (C=O) groups is 1. The molecule has 68 valence electrons. The lowest BCUT2D eigenvalue weighted by Crippen LogP contribution is -2.22. The van der Waals surface area contributed by atoms with Crippen LogP contribution in [0.3, 0.4) is 0 Å². The van der Waals surface area contributed by atoms with Crippen LogP contribution in [0.5, 0.6) is 0 Å². The molecule has 1 rings (SSSR count).